The molecule has 1 aromatic rings. The number of nitrogens with two attached hydrogens (primary N) is 1. The largest absolute Gasteiger partial charge is 0.495 e. The fraction of sp³-hybridized carbons (Fsp3) is 0.538. The molecule has 0 radical (unpaired) electrons. The van der Waals surface area contributed by atoms with E-state index in [9.17, 15) is 10.1 Å². The second-order valence-electron chi connectivity index (χ2n) is 5.19. The number of hydrogen-bond donors (Lipinski definition) is 1. The molecule has 7 nitrogen and oxygen atoms in total. The summed E-state index contributed by atoms with van der Waals surface area (Å²) < 4.78 is 5.17. The lowest BCUT2D eigenvalue weighted by Crippen LogP contribution is -2.31. The van der Waals surface area contributed by atoms with Crippen LogP contribution in [0.3, 0.4) is 0 Å². The van der Waals surface area contributed by atoms with Gasteiger partial charge in [0.15, 0.2) is 0 Å². The summed E-state index contributed by atoms with van der Waals surface area (Å²) in [5.41, 5.74) is 6.64. The second kappa shape index (κ2) is 5.54. The first-order chi connectivity index (χ1) is 9.43. The lowest BCUT2D eigenvalue weighted by Gasteiger charge is -2.22. The molecule has 1 heterocycles. The smallest absolute Gasteiger partial charge is 0.294 e. The molecule has 0 spiro atoms. The van der Waals surface area contributed by atoms with Crippen LogP contribution in [0.4, 0.5) is 17.1 Å². The van der Waals surface area contributed by atoms with Gasteiger partial charge in [-0.15, -0.1) is 0 Å². The maximum atomic E-state index is 11.2. The van der Waals surface area contributed by atoms with E-state index in [1.165, 1.54) is 13.2 Å². The second-order valence-corrected chi connectivity index (χ2v) is 5.19. The highest BCUT2D eigenvalue weighted by atomic mass is 16.6. The summed E-state index contributed by atoms with van der Waals surface area (Å²) in [6.07, 6.45) is 0.983. The van der Waals surface area contributed by atoms with Gasteiger partial charge in [-0.25, -0.2) is 0 Å². The average molecular weight is 280 g/mol. The molecule has 2 rings (SSSR count). The molecule has 1 saturated heterocycles. The van der Waals surface area contributed by atoms with E-state index in [1.807, 2.05) is 19.0 Å². The van der Waals surface area contributed by atoms with E-state index < -0.39 is 4.92 Å². The summed E-state index contributed by atoms with van der Waals surface area (Å²) in [6.45, 7) is 1.55. The summed E-state index contributed by atoms with van der Waals surface area (Å²) in [4.78, 5) is 15.0. The topological polar surface area (TPSA) is 84.9 Å². The molecule has 20 heavy (non-hydrogen) atoms. The lowest BCUT2D eigenvalue weighted by molar-refractivity contribution is -0.384. The minimum absolute atomic E-state index is 0.0303. The summed E-state index contributed by atoms with van der Waals surface area (Å²) in [6, 6.07) is 3.43. The molecule has 0 aromatic heterocycles. The van der Waals surface area contributed by atoms with Crippen molar-refractivity contribution in [1.29, 1.82) is 0 Å². The standard InChI is InChI=1S/C13H20N4O3/c1-15(2)9-4-5-16(8-9)11-7-13(20-3)10(14)6-12(11)17(18)19/h6-7,9H,4-5,8,14H2,1-3H3/t9-/m1/s1. The molecule has 1 aromatic carbocycles. The van der Waals surface area contributed by atoms with Crippen LogP contribution in [0.2, 0.25) is 0 Å². The van der Waals surface area contributed by atoms with Crippen molar-refractivity contribution in [3.63, 3.8) is 0 Å². The zero-order valence-electron chi connectivity index (χ0n) is 12.0. The van der Waals surface area contributed by atoms with Gasteiger partial charge < -0.3 is 20.3 Å². The van der Waals surface area contributed by atoms with E-state index in [-0.39, 0.29) is 11.4 Å². The Morgan fingerprint density at radius 1 is 1.50 bits per heavy atom. The molecule has 7 heteroatoms. The number of nitro groups is 1. The van der Waals surface area contributed by atoms with Crippen LogP contribution in [0.15, 0.2) is 12.1 Å². The van der Waals surface area contributed by atoms with Gasteiger partial charge in [-0.2, -0.15) is 0 Å². The fourth-order valence-electron chi connectivity index (χ4n) is 2.53. The molecular weight excluding hydrogens is 260 g/mol. The number of ether oxygens (including phenoxy) is 1. The van der Waals surface area contributed by atoms with Crippen LogP contribution < -0.4 is 15.4 Å². The Labute approximate surface area is 118 Å². The van der Waals surface area contributed by atoms with Crippen molar-refractivity contribution in [1.82, 2.24) is 4.90 Å². The van der Waals surface area contributed by atoms with Gasteiger partial charge in [0, 0.05) is 31.3 Å². The predicted molar refractivity (Wildman–Crippen MR) is 78.4 cm³/mol. The first-order valence-corrected chi connectivity index (χ1v) is 6.47. The van der Waals surface area contributed by atoms with Crippen molar-refractivity contribution in [3.05, 3.63) is 22.2 Å². The van der Waals surface area contributed by atoms with E-state index in [2.05, 4.69) is 4.90 Å². The van der Waals surface area contributed by atoms with Gasteiger partial charge in [-0.3, -0.25) is 10.1 Å². The fourth-order valence-corrected chi connectivity index (χ4v) is 2.53. The SMILES string of the molecule is COc1cc(N2CC[C@@H](N(C)C)C2)c([N+](=O)[O-])cc1N. The molecule has 1 atom stereocenters. The minimum Gasteiger partial charge on any atom is -0.495 e. The molecule has 0 saturated carbocycles. The number of hydrogen-bond acceptors (Lipinski definition) is 6. The monoisotopic (exact) mass is 280 g/mol. The molecule has 110 valence electrons. The van der Waals surface area contributed by atoms with Crippen molar-refractivity contribution in [2.45, 2.75) is 12.5 Å². The van der Waals surface area contributed by atoms with E-state index in [0.29, 0.717) is 17.5 Å². The van der Waals surface area contributed by atoms with Crippen molar-refractivity contribution in [2.24, 2.45) is 0 Å². The number of benzene rings is 1. The van der Waals surface area contributed by atoms with Crippen LogP contribution in [-0.4, -0.2) is 50.2 Å². The predicted octanol–water partition coefficient (Wildman–Crippen LogP) is 1.33. The third kappa shape index (κ3) is 2.62. The van der Waals surface area contributed by atoms with Crippen LogP contribution >= 0.6 is 0 Å². The Kier molecular flexibility index (Phi) is 3.99. The van der Waals surface area contributed by atoms with E-state index in [0.717, 1.165) is 19.5 Å². The highest BCUT2D eigenvalue weighted by Crippen LogP contribution is 2.38. The van der Waals surface area contributed by atoms with Gasteiger partial charge in [0.1, 0.15) is 11.4 Å². The van der Waals surface area contributed by atoms with Gasteiger partial charge in [0.05, 0.1) is 17.7 Å². The highest BCUT2D eigenvalue weighted by Gasteiger charge is 2.29. The van der Waals surface area contributed by atoms with Crippen LogP contribution in [0.1, 0.15) is 6.42 Å². The molecule has 0 bridgehead atoms. The third-order valence-corrected chi connectivity index (χ3v) is 3.76. The molecule has 1 aliphatic rings. The highest BCUT2D eigenvalue weighted by molar-refractivity contribution is 5.73. The zero-order valence-corrected chi connectivity index (χ0v) is 12.0. The van der Waals surface area contributed by atoms with Gasteiger partial charge >= 0.3 is 0 Å². The summed E-state index contributed by atoms with van der Waals surface area (Å²) in [5, 5.41) is 11.2. The number of methoxy groups -OCH3 is 1. The number of nitrogens with zero attached hydrogens (tertiary/aromatic N) is 3. The number of anilines is 2. The number of rotatable bonds is 4. The van der Waals surface area contributed by atoms with Gasteiger partial charge in [-0.05, 0) is 20.5 Å². The molecule has 0 aliphatic carbocycles. The maximum absolute atomic E-state index is 11.2. The molecule has 1 fully saturated rings. The Hall–Kier alpha value is -2.02. The van der Waals surface area contributed by atoms with Crippen molar-refractivity contribution in [3.8, 4) is 5.75 Å². The molecule has 0 unspecified atom stereocenters. The number of likely N-dealkylation sites (N-methyl/N-ethyl adjacent to an activating group) is 1. The molecule has 1 aliphatic heterocycles. The molecule has 0 amide bonds. The average Bonchev–Trinajstić information content (AvgIpc) is 2.87. The Morgan fingerprint density at radius 2 is 2.20 bits per heavy atom. The van der Waals surface area contributed by atoms with E-state index in [4.69, 9.17) is 10.5 Å². The Morgan fingerprint density at radius 3 is 2.70 bits per heavy atom. The van der Waals surface area contributed by atoms with Crippen LogP contribution in [0.25, 0.3) is 0 Å². The van der Waals surface area contributed by atoms with E-state index in [1.54, 1.807) is 6.07 Å². The molecular formula is C13H20N4O3. The van der Waals surface area contributed by atoms with Crippen LogP contribution in [0.5, 0.6) is 5.75 Å². The summed E-state index contributed by atoms with van der Waals surface area (Å²) in [5.74, 6) is 0.471. The third-order valence-electron chi connectivity index (χ3n) is 3.76. The first kappa shape index (κ1) is 14.4. The number of nitro benzene ring substituents is 1. The van der Waals surface area contributed by atoms with E-state index >= 15 is 0 Å². The van der Waals surface area contributed by atoms with Gasteiger partial charge in [-0.1, -0.05) is 0 Å². The molecule has 2 N–H and O–H groups in total. The summed E-state index contributed by atoms with van der Waals surface area (Å²) in [7, 11) is 5.55. The van der Waals surface area contributed by atoms with Crippen molar-refractivity contribution < 1.29 is 9.66 Å². The quantitative estimate of drug-likeness (QED) is 0.509. The normalized spacial score (nSPS) is 18.6. The maximum Gasteiger partial charge on any atom is 0.294 e. The zero-order chi connectivity index (χ0) is 14.9. The summed E-state index contributed by atoms with van der Waals surface area (Å²) >= 11 is 0. The lowest BCUT2D eigenvalue weighted by atomic mass is 10.2. The van der Waals surface area contributed by atoms with Gasteiger partial charge in [0.2, 0.25) is 0 Å². The first-order valence-electron chi connectivity index (χ1n) is 6.47. The Balaban J connectivity index is 2.37. The van der Waals surface area contributed by atoms with Gasteiger partial charge in [0.25, 0.3) is 5.69 Å². The van der Waals surface area contributed by atoms with Crippen LogP contribution in [0, 0.1) is 10.1 Å². The van der Waals surface area contributed by atoms with Crippen LogP contribution in [-0.2, 0) is 0 Å². The van der Waals surface area contributed by atoms with Crippen molar-refractivity contribution in [2.75, 3.05) is 44.9 Å². The van der Waals surface area contributed by atoms with Crippen molar-refractivity contribution >= 4 is 17.1 Å². The Bertz CT molecular complexity index is 519. The minimum atomic E-state index is -0.395. The number of nitrogen functional groups attached to an aromatic ring is 1.